The number of hydrogen-bond acceptors (Lipinski definition) is 3. The Morgan fingerprint density at radius 1 is 1.05 bits per heavy atom. The van der Waals surface area contributed by atoms with Crippen LogP contribution in [0.5, 0.6) is 0 Å². The predicted molar refractivity (Wildman–Crippen MR) is 73.4 cm³/mol. The Hall–Kier alpha value is -1.10. The van der Waals surface area contributed by atoms with Gasteiger partial charge in [0, 0.05) is 19.6 Å². The van der Waals surface area contributed by atoms with E-state index >= 15 is 0 Å². The molecular formula is C14H25N3O2. The van der Waals surface area contributed by atoms with Crippen molar-refractivity contribution in [2.24, 2.45) is 11.1 Å². The maximum Gasteiger partial charge on any atom is 0.241 e. The molecule has 1 saturated carbocycles. The van der Waals surface area contributed by atoms with Crippen LogP contribution < -0.4 is 11.1 Å². The summed E-state index contributed by atoms with van der Waals surface area (Å²) in [5.74, 6) is 0.0103. The van der Waals surface area contributed by atoms with Gasteiger partial charge in [0.05, 0.1) is 12.0 Å². The van der Waals surface area contributed by atoms with Crippen LogP contribution in [0.1, 0.15) is 44.9 Å². The maximum atomic E-state index is 12.3. The van der Waals surface area contributed by atoms with Crippen LogP contribution in [0.15, 0.2) is 0 Å². The SMILES string of the molecule is NCC1(C(=O)NCC(=O)N2CCCC2)CCCCC1. The van der Waals surface area contributed by atoms with Crippen LogP contribution in [0.25, 0.3) is 0 Å². The molecule has 2 aliphatic rings. The van der Waals surface area contributed by atoms with E-state index in [1.54, 1.807) is 0 Å². The minimum atomic E-state index is -0.427. The van der Waals surface area contributed by atoms with Gasteiger partial charge in [-0.1, -0.05) is 19.3 Å². The normalized spacial score (nSPS) is 22.3. The first-order chi connectivity index (χ1) is 9.18. The van der Waals surface area contributed by atoms with Gasteiger partial charge in [0.15, 0.2) is 0 Å². The summed E-state index contributed by atoms with van der Waals surface area (Å²) in [5.41, 5.74) is 5.38. The molecule has 2 fully saturated rings. The summed E-state index contributed by atoms with van der Waals surface area (Å²) in [4.78, 5) is 26.0. The maximum absolute atomic E-state index is 12.3. The average Bonchev–Trinajstić information content (AvgIpc) is 2.99. The summed E-state index contributed by atoms with van der Waals surface area (Å²) >= 11 is 0. The number of rotatable bonds is 4. The van der Waals surface area contributed by atoms with Gasteiger partial charge in [-0.25, -0.2) is 0 Å². The molecule has 0 spiro atoms. The van der Waals surface area contributed by atoms with Gasteiger partial charge < -0.3 is 16.0 Å². The Morgan fingerprint density at radius 2 is 1.68 bits per heavy atom. The summed E-state index contributed by atoms with van der Waals surface area (Å²) in [6.45, 7) is 2.17. The van der Waals surface area contributed by atoms with E-state index in [9.17, 15) is 9.59 Å². The molecule has 19 heavy (non-hydrogen) atoms. The Bertz CT molecular complexity index is 332. The van der Waals surface area contributed by atoms with E-state index in [1.165, 1.54) is 6.42 Å². The number of carbonyl (C=O) groups excluding carboxylic acids is 2. The third kappa shape index (κ3) is 3.26. The van der Waals surface area contributed by atoms with Crippen molar-refractivity contribution in [3.63, 3.8) is 0 Å². The van der Waals surface area contributed by atoms with Gasteiger partial charge in [-0.3, -0.25) is 9.59 Å². The number of nitrogens with zero attached hydrogens (tertiary/aromatic N) is 1. The van der Waals surface area contributed by atoms with E-state index < -0.39 is 5.41 Å². The van der Waals surface area contributed by atoms with Gasteiger partial charge in [-0.05, 0) is 25.7 Å². The topological polar surface area (TPSA) is 75.4 Å². The van der Waals surface area contributed by atoms with Crippen LogP contribution in [0.4, 0.5) is 0 Å². The van der Waals surface area contributed by atoms with Crippen LogP contribution in [0.2, 0.25) is 0 Å². The van der Waals surface area contributed by atoms with Gasteiger partial charge in [0.2, 0.25) is 11.8 Å². The Balaban J connectivity index is 1.83. The van der Waals surface area contributed by atoms with Crippen molar-refractivity contribution in [1.82, 2.24) is 10.2 Å². The second kappa shape index (κ2) is 6.37. The average molecular weight is 267 g/mol. The second-order valence-corrected chi connectivity index (χ2v) is 5.82. The highest BCUT2D eigenvalue weighted by Crippen LogP contribution is 2.35. The zero-order chi connectivity index (χ0) is 13.7. The molecular weight excluding hydrogens is 242 g/mol. The predicted octanol–water partition coefficient (Wildman–Crippen LogP) is 0.634. The van der Waals surface area contributed by atoms with Crippen molar-refractivity contribution in [3.05, 3.63) is 0 Å². The van der Waals surface area contributed by atoms with E-state index in [0.29, 0.717) is 6.54 Å². The highest BCUT2D eigenvalue weighted by atomic mass is 16.2. The van der Waals surface area contributed by atoms with Crippen molar-refractivity contribution >= 4 is 11.8 Å². The lowest BCUT2D eigenvalue weighted by Crippen LogP contribution is -2.49. The summed E-state index contributed by atoms with van der Waals surface area (Å²) < 4.78 is 0. The van der Waals surface area contributed by atoms with Crippen LogP contribution >= 0.6 is 0 Å². The van der Waals surface area contributed by atoms with Crippen LogP contribution in [0.3, 0.4) is 0 Å². The lowest BCUT2D eigenvalue weighted by Gasteiger charge is -2.34. The van der Waals surface area contributed by atoms with Crippen LogP contribution in [-0.2, 0) is 9.59 Å². The highest BCUT2D eigenvalue weighted by molar-refractivity contribution is 5.88. The molecule has 3 N–H and O–H groups in total. The molecule has 0 aromatic heterocycles. The quantitative estimate of drug-likeness (QED) is 0.784. The lowest BCUT2D eigenvalue weighted by molar-refractivity contribution is -0.136. The van der Waals surface area contributed by atoms with Gasteiger partial charge >= 0.3 is 0 Å². The second-order valence-electron chi connectivity index (χ2n) is 5.82. The molecule has 1 heterocycles. The number of carbonyl (C=O) groups is 2. The zero-order valence-corrected chi connectivity index (χ0v) is 11.6. The number of likely N-dealkylation sites (tertiary alicyclic amines) is 1. The molecule has 0 aromatic carbocycles. The fourth-order valence-electron chi connectivity index (χ4n) is 3.17. The van der Waals surface area contributed by atoms with Gasteiger partial charge in [0.1, 0.15) is 0 Å². The van der Waals surface area contributed by atoms with E-state index in [1.807, 2.05) is 4.90 Å². The molecule has 0 radical (unpaired) electrons. The summed E-state index contributed by atoms with van der Waals surface area (Å²) in [6.07, 6.45) is 7.16. The summed E-state index contributed by atoms with van der Waals surface area (Å²) in [6, 6.07) is 0. The van der Waals surface area contributed by atoms with Gasteiger partial charge in [-0.2, -0.15) is 0 Å². The Labute approximate surface area is 114 Å². The van der Waals surface area contributed by atoms with Gasteiger partial charge in [-0.15, -0.1) is 0 Å². The van der Waals surface area contributed by atoms with Gasteiger partial charge in [0.25, 0.3) is 0 Å². The molecule has 0 bridgehead atoms. The highest BCUT2D eigenvalue weighted by Gasteiger charge is 2.38. The van der Waals surface area contributed by atoms with Crippen molar-refractivity contribution in [1.29, 1.82) is 0 Å². The molecule has 5 nitrogen and oxygen atoms in total. The molecule has 0 aromatic rings. The fourth-order valence-corrected chi connectivity index (χ4v) is 3.17. The first-order valence-corrected chi connectivity index (χ1v) is 7.44. The van der Waals surface area contributed by atoms with E-state index in [0.717, 1.165) is 51.6 Å². The summed E-state index contributed by atoms with van der Waals surface area (Å²) in [7, 11) is 0. The Morgan fingerprint density at radius 3 is 2.26 bits per heavy atom. The van der Waals surface area contributed by atoms with E-state index in [-0.39, 0.29) is 18.4 Å². The van der Waals surface area contributed by atoms with Crippen molar-refractivity contribution in [2.45, 2.75) is 44.9 Å². The fraction of sp³-hybridized carbons (Fsp3) is 0.857. The summed E-state index contributed by atoms with van der Waals surface area (Å²) in [5, 5.41) is 2.81. The largest absolute Gasteiger partial charge is 0.347 e. The molecule has 1 aliphatic carbocycles. The first-order valence-electron chi connectivity index (χ1n) is 7.44. The minimum Gasteiger partial charge on any atom is -0.347 e. The minimum absolute atomic E-state index is 0.0257. The van der Waals surface area contributed by atoms with Crippen molar-refractivity contribution in [3.8, 4) is 0 Å². The van der Waals surface area contributed by atoms with Crippen LogP contribution in [0, 0.1) is 5.41 Å². The van der Waals surface area contributed by atoms with E-state index in [2.05, 4.69) is 5.32 Å². The molecule has 0 atom stereocenters. The molecule has 2 amide bonds. The van der Waals surface area contributed by atoms with E-state index in [4.69, 9.17) is 5.73 Å². The number of amides is 2. The monoisotopic (exact) mass is 267 g/mol. The molecule has 108 valence electrons. The third-order valence-electron chi connectivity index (χ3n) is 4.54. The number of hydrogen-bond donors (Lipinski definition) is 2. The molecule has 1 aliphatic heterocycles. The van der Waals surface area contributed by atoms with Crippen LogP contribution in [-0.4, -0.2) is 42.9 Å². The molecule has 1 saturated heterocycles. The zero-order valence-electron chi connectivity index (χ0n) is 11.6. The standard InChI is InChI=1S/C14H25N3O2/c15-11-14(6-2-1-3-7-14)13(19)16-10-12(18)17-8-4-5-9-17/h1-11,15H2,(H,16,19). The Kier molecular flexibility index (Phi) is 4.80. The molecule has 5 heteroatoms. The number of nitrogens with one attached hydrogen (secondary N) is 1. The smallest absolute Gasteiger partial charge is 0.241 e. The molecule has 2 rings (SSSR count). The first kappa shape index (κ1) is 14.3. The lowest BCUT2D eigenvalue weighted by atomic mass is 9.73. The number of nitrogens with two attached hydrogens (primary N) is 1. The third-order valence-corrected chi connectivity index (χ3v) is 4.54. The molecule has 0 unspecified atom stereocenters. The van der Waals surface area contributed by atoms with Crippen molar-refractivity contribution in [2.75, 3.05) is 26.2 Å². The van der Waals surface area contributed by atoms with Crippen molar-refractivity contribution < 1.29 is 9.59 Å².